The molecule has 2 N–H and O–H groups in total. The van der Waals surface area contributed by atoms with Crippen LogP contribution in [0.15, 0.2) is 6.07 Å². The first-order chi connectivity index (χ1) is 9.19. The van der Waals surface area contributed by atoms with Gasteiger partial charge in [0.2, 0.25) is 0 Å². The van der Waals surface area contributed by atoms with Crippen molar-refractivity contribution in [2.24, 2.45) is 5.92 Å². The first-order valence-corrected chi connectivity index (χ1v) is 7.27. The summed E-state index contributed by atoms with van der Waals surface area (Å²) in [4.78, 5) is 12.2. The molecule has 0 aliphatic carbocycles. The van der Waals surface area contributed by atoms with Crippen LogP contribution in [-0.4, -0.2) is 32.9 Å². The average Bonchev–Trinajstić information content (AvgIpc) is 2.80. The molecule has 0 aromatic carbocycles. The van der Waals surface area contributed by atoms with Crippen LogP contribution in [-0.2, 0) is 6.54 Å². The Labute approximate surface area is 121 Å². The number of amides is 1. The van der Waals surface area contributed by atoms with Gasteiger partial charge in [-0.2, -0.15) is 5.10 Å². The smallest absolute Gasteiger partial charge is 0.269 e. The van der Waals surface area contributed by atoms with Crippen LogP contribution in [0.25, 0.3) is 0 Å². The zero-order valence-corrected chi connectivity index (χ0v) is 13.4. The number of aromatic nitrogens is 2. The van der Waals surface area contributed by atoms with Crippen LogP contribution < -0.4 is 5.32 Å². The van der Waals surface area contributed by atoms with E-state index in [0.717, 1.165) is 5.69 Å². The number of nitrogens with one attached hydrogen (secondary N) is 1. The molecule has 1 aromatic heterocycles. The van der Waals surface area contributed by atoms with Crippen molar-refractivity contribution in [1.29, 1.82) is 0 Å². The molecule has 0 saturated heterocycles. The van der Waals surface area contributed by atoms with Crippen molar-refractivity contribution in [1.82, 2.24) is 15.1 Å². The van der Waals surface area contributed by atoms with Gasteiger partial charge in [0.15, 0.2) is 0 Å². The molecule has 1 rings (SSSR count). The fourth-order valence-corrected chi connectivity index (χ4v) is 1.70. The molecule has 5 heteroatoms. The summed E-state index contributed by atoms with van der Waals surface area (Å²) in [6.45, 7) is 12.5. The minimum atomic E-state index is -0.909. The fourth-order valence-electron chi connectivity index (χ4n) is 1.70. The molecule has 114 valence electrons. The Morgan fingerprint density at radius 3 is 2.50 bits per heavy atom. The van der Waals surface area contributed by atoms with Gasteiger partial charge in [-0.15, -0.1) is 0 Å². The molecule has 0 spiro atoms. The van der Waals surface area contributed by atoms with Crippen LogP contribution >= 0.6 is 0 Å². The summed E-state index contributed by atoms with van der Waals surface area (Å²) >= 11 is 0. The zero-order chi connectivity index (χ0) is 15.5. The molecular formula is C15H27N3O2. The molecule has 0 aliphatic rings. The maximum Gasteiger partial charge on any atom is 0.269 e. The van der Waals surface area contributed by atoms with Gasteiger partial charge >= 0.3 is 0 Å². The Balaban J connectivity index is 2.82. The number of aliphatic hydroxyl groups is 1. The topological polar surface area (TPSA) is 67.2 Å². The molecule has 1 aromatic rings. The number of hydrogen-bond donors (Lipinski definition) is 2. The number of hydrogen-bond acceptors (Lipinski definition) is 3. The van der Waals surface area contributed by atoms with Gasteiger partial charge in [-0.05, 0) is 31.7 Å². The molecule has 1 heterocycles. The number of carbonyl (C=O) groups excluding carboxylic acids is 1. The normalized spacial score (nSPS) is 14.7. The number of nitrogens with zero attached hydrogens (tertiary/aromatic N) is 2. The van der Waals surface area contributed by atoms with E-state index >= 15 is 0 Å². The lowest BCUT2D eigenvalue weighted by molar-refractivity contribution is 0.0141. The predicted molar refractivity (Wildman–Crippen MR) is 79.8 cm³/mol. The van der Waals surface area contributed by atoms with Gasteiger partial charge in [0.05, 0.1) is 11.3 Å². The van der Waals surface area contributed by atoms with Crippen LogP contribution in [0.1, 0.15) is 63.6 Å². The summed E-state index contributed by atoms with van der Waals surface area (Å²) in [5.74, 6) is 0.172. The van der Waals surface area contributed by atoms with Gasteiger partial charge in [0.25, 0.3) is 5.91 Å². The van der Waals surface area contributed by atoms with Gasteiger partial charge in [0, 0.05) is 13.1 Å². The van der Waals surface area contributed by atoms with Gasteiger partial charge < -0.3 is 10.4 Å². The number of aryl methyl sites for hydroxylation is 1. The Morgan fingerprint density at radius 2 is 2.05 bits per heavy atom. The fraction of sp³-hybridized carbons (Fsp3) is 0.733. The second-order valence-corrected chi connectivity index (χ2v) is 6.12. The molecule has 1 amide bonds. The molecule has 1 unspecified atom stereocenters. The highest BCUT2D eigenvalue weighted by molar-refractivity contribution is 5.92. The Bertz CT molecular complexity index is 462. The summed E-state index contributed by atoms with van der Waals surface area (Å²) in [6.07, 6.45) is 0. The van der Waals surface area contributed by atoms with Crippen molar-refractivity contribution in [2.45, 2.75) is 59.6 Å². The summed E-state index contributed by atoms with van der Waals surface area (Å²) < 4.78 is 1.70. The van der Waals surface area contributed by atoms with Gasteiger partial charge in [-0.25, -0.2) is 0 Å². The highest BCUT2D eigenvalue weighted by Crippen LogP contribution is 2.16. The standard InChI is InChI=1S/C15H27N3O2/c1-7-18-13(8-12(17-18)10(2)3)14(19)16-9-15(6,20)11(4)5/h8,10-11,20H,7,9H2,1-6H3,(H,16,19). The second-order valence-electron chi connectivity index (χ2n) is 6.12. The van der Waals surface area contributed by atoms with Gasteiger partial charge in [-0.1, -0.05) is 27.7 Å². The van der Waals surface area contributed by atoms with Crippen LogP contribution in [0.5, 0.6) is 0 Å². The van der Waals surface area contributed by atoms with Crippen molar-refractivity contribution < 1.29 is 9.90 Å². The maximum absolute atomic E-state index is 12.2. The number of rotatable bonds is 6. The average molecular weight is 281 g/mol. The first-order valence-electron chi connectivity index (χ1n) is 7.27. The molecule has 0 aliphatic heterocycles. The monoisotopic (exact) mass is 281 g/mol. The minimum Gasteiger partial charge on any atom is -0.388 e. The molecule has 0 bridgehead atoms. The van der Waals surface area contributed by atoms with Crippen molar-refractivity contribution in [3.05, 3.63) is 17.5 Å². The minimum absolute atomic E-state index is 0.0742. The van der Waals surface area contributed by atoms with E-state index < -0.39 is 5.60 Å². The van der Waals surface area contributed by atoms with E-state index in [1.165, 1.54) is 0 Å². The van der Waals surface area contributed by atoms with Crippen molar-refractivity contribution >= 4 is 5.91 Å². The molecule has 20 heavy (non-hydrogen) atoms. The lowest BCUT2D eigenvalue weighted by Crippen LogP contribution is -2.44. The summed E-state index contributed by atoms with van der Waals surface area (Å²) in [6, 6.07) is 1.83. The second kappa shape index (κ2) is 6.39. The van der Waals surface area contributed by atoms with Crippen LogP contribution in [0.2, 0.25) is 0 Å². The van der Waals surface area contributed by atoms with Crippen molar-refractivity contribution in [2.75, 3.05) is 6.54 Å². The van der Waals surface area contributed by atoms with Crippen LogP contribution in [0.3, 0.4) is 0 Å². The Kier molecular flexibility index (Phi) is 5.34. The van der Waals surface area contributed by atoms with E-state index in [-0.39, 0.29) is 24.3 Å². The van der Waals surface area contributed by atoms with Crippen LogP contribution in [0, 0.1) is 5.92 Å². The molecular weight excluding hydrogens is 254 g/mol. The molecule has 5 nitrogen and oxygen atoms in total. The molecule has 0 fully saturated rings. The molecule has 0 saturated carbocycles. The van der Waals surface area contributed by atoms with E-state index in [1.807, 2.05) is 40.7 Å². The van der Waals surface area contributed by atoms with E-state index in [2.05, 4.69) is 10.4 Å². The van der Waals surface area contributed by atoms with Crippen LogP contribution in [0.4, 0.5) is 0 Å². The van der Waals surface area contributed by atoms with E-state index in [1.54, 1.807) is 11.6 Å². The van der Waals surface area contributed by atoms with E-state index in [4.69, 9.17) is 0 Å². The largest absolute Gasteiger partial charge is 0.388 e. The predicted octanol–water partition coefficient (Wildman–Crippen LogP) is 2.16. The number of carbonyl (C=O) groups is 1. The van der Waals surface area contributed by atoms with E-state index in [0.29, 0.717) is 12.2 Å². The van der Waals surface area contributed by atoms with Crippen molar-refractivity contribution in [3.63, 3.8) is 0 Å². The SMILES string of the molecule is CCn1nc(C(C)C)cc1C(=O)NCC(C)(O)C(C)C. The lowest BCUT2D eigenvalue weighted by atomic mass is 9.92. The third kappa shape index (κ3) is 3.82. The highest BCUT2D eigenvalue weighted by atomic mass is 16.3. The molecule has 0 radical (unpaired) electrons. The summed E-state index contributed by atoms with van der Waals surface area (Å²) in [5.41, 5.74) is 0.552. The quantitative estimate of drug-likeness (QED) is 0.839. The van der Waals surface area contributed by atoms with Gasteiger partial charge in [-0.3, -0.25) is 9.48 Å². The third-order valence-corrected chi connectivity index (χ3v) is 3.77. The van der Waals surface area contributed by atoms with Gasteiger partial charge in [0.1, 0.15) is 5.69 Å². The lowest BCUT2D eigenvalue weighted by Gasteiger charge is -2.27. The maximum atomic E-state index is 12.2. The first kappa shape index (κ1) is 16.7. The van der Waals surface area contributed by atoms with E-state index in [9.17, 15) is 9.90 Å². The van der Waals surface area contributed by atoms with Crippen molar-refractivity contribution in [3.8, 4) is 0 Å². The zero-order valence-electron chi connectivity index (χ0n) is 13.4. The summed E-state index contributed by atoms with van der Waals surface area (Å²) in [5, 5.41) is 17.4. The Morgan fingerprint density at radius 1 is 1.45 bits per heavy atom. The third-order valence-electron chi connectivity index (χ3n) is 3.77. The highest BCUT2D eigenvalue weighted by Gasteiger charge is 2.26. The summed E-state index contributed by atoms with van der Waals surface area (Å²) in [7, 11) is 0. The Hall–Kier alpha value is -1.36. The molecule has 1 atom stereocenters.